The maximum atomic E-state index is 9.63. The summed E-state index contributed by atoms with van der Waals surface area (Å²) in [5.74, 6) is 0.810. The number of phenols is 2. The van der Waals surface area contributed by atoms with E-state index in [0.29, 0.717) is 11.5 Å². The summed E-state index contributed by atoms with van der Waals surface area (Å²) in [5.41, 5.74) is 4.26. The predicted molar refractivity (Wildman–Crippen MR) is 103 cm³/mol. The maximum absolute atomic E-state index is 9.63. The van der Waals surface area contributed by atoms with Crippen molar-refractivity contribution >= 4 is 0 Å². The molecular formula is C22H32O2Zn. The zero-order chi connectivity index (χ0) is 18.7. The molecule has 2 N–H and O–H groups in total. The first-order chi connectivity index (χ1) is 10.8. The van der Waals surface area contributed by atoms with Crippen molar-refractivity contribution in [2.45, 2.75) is 66.2 Å². The van der Waals surface area contributed by atoms with Crippen LogP contribution in [0.2, 0.25) is 0 Å². The Bertz CT molecular complexity index is 631. The van der Waals surface area contributed by atoms with Gasteiger partial charge in [0.05, 0.1) is 0 Å². The number of benzene rings is 2. The molecule has 0 fully saturated rings. The molecule has 0 bridgehead atoms. The Balaban J connectivity index is 0.000000443. The van der Waals surface area contributed by atoms with Crippen LogP contribution >= 0.6 is 0 Å². The Labute approximate surface area is 166 Å². The van der Waals surface area contributed by atoms with Crippen LogP contribution in [0.5, 0.6) is 11.5 Å². The molecule has 0 heterocycles. The minimum Gasteiger partial charge on any atom is -0.508 e. The fourth-order valence-electron chi connectivity index (χ4n) is 2.55. The van der Waals surface area contributed by atoms with Crippen LogP contribution in [0.15, 0.2) is 36.4 Å². The number of aromatic hydroxyl groups is 2. The van der Waals surface area contributed by atoms with Gasteiger partial charge in [0.25, 0.3) is 0 Å². The molecule has 0 amide bonds. The van der Waals surface area contributed by atoms with E-state index in [-0.39, 0.29) is 30.3 Å². The minimum absolute atomic E-state index is 0. The molecule has 0 saturated heterocycles. The quantitative estimate of drug-likeness (QED) is 0.539. The molecule has 0 aliphatic rings. The Hall–Kier alpha value is -1.34. The number of hydrogen-bond donors (Lipinski definition) is 2. The fourth-order valence-corrected chi connectivity index (χ4v) is 2.55. The maximum Gasteiger partial charge on any atom is 0.119 e. The number of aryl methyl sites for hydroxylation is 2. The molecule has 0 saturated carbocycles. The van der Waals surface area contributed by atoms with Crippen LogP contribution in [-0.2, 0) is 30.3 Å². The Morgan fingerprint density at radius 3 is 1.08 bits per heavy atom. The summed E-state index contributed by atoms with van der Waals surface area (Å²) >= 11 is 0. The van der Waals surface area contributed by atoms with Gasteiger partial charge in [0, 0.05) is 19.5 Å². The second-order valence-electron chi connectivity index (χ2n) is 8.54. The zero-order valence-corrected chi connectivity index (χ0v) is 20.0. The van der Waals surface area contributed by atoms with Crippen molar-refractivity contribution in [3.63, 3.8) is 0 Å². The Morgan fingerprint density at radius 1 is 0.600 bits per heavy atom. The van der Waals surface area contributed by atoms with Gasteiger partial charge in [-0.25, -0.2) is 0 Å². The summed E-state index contributed by atoms with van der Waals surface area (Å²) in [6.45, 7) is 16.5. The van der Waals surface area contributed by atoms with Crippen LogP contribution in [0.3, 0.4) is 0 Å². The summed E-state index contributed by atoms with van der Waals surface area (Å²) < 4.78 is 0. The van der Waals surface area contributed by atoms with E-state index in [4.69, 9.17) is 0 Å². The summed E-state index contributed by atoms with van der Waals surface area (Å²) in [6, 6.07) is 11.6. The first-order valence-electron chi connectivity index (χ1n) is 8.42. The molecule has 0 atom stereocenters. The zero-order valence-electron chi connectivity index (χ0n) is 17.1. The van der Waals surface area contributed by atoms with Crippen molar-refractivity contribution in [1.29, 1.82) is 0 Å². The fraction of sp³-hybridized carbons (Fsp3) is 0.455. The van der Waals surface area contributed by atoms with Gasteiger partial charge >= 0.3 is 0 Å². The molecule has 0 radical (unpaired) electrons. The second kappa shape index (κ2) is 8.85. The van der Waals surface area contributed by atoms with Crippen molar-refractivity contribution in [2.24, 2.45) is 0 Å². The summed E-state index contributed by atoms with van der Waals surface area (Å²) in [4.78, 5) is 0. The van der Waals surface area contributed by atoms with Crippen LogP contribution < -0.4 is 0 Å². The van der Waals surface area contributed by atoms with Gasteiger partial charge in [0.1, 0.15) is 11.5 Å². The van der Waals surface area contributed by atoms with E-state index in [2.05, 4.69) is 41.5 Å². The minimum atomic E-state index is 0. The van der Waals surface area contributed by atoms with E-state index >= 15 is 0 Å². The first-order valence-corrected chi connectivity index (χ1v) is 8.42. The summed E-state index contributed by atoms with van der Waals surface area (Å²) in [5, 5.41) is 19.3. The number of phenolic OH excluding ortho intramolecular Hbond substituents is 2. The Morgan fingerprint density at radius 2 is 0.880 bits per heavy atom. The standard InChI is InChI=1S/2C11H16O.Zn/c2*1-8-5-6-9(10(12)7-8)11(2,3)4;/h2*5-7,12H,1-4H3;. The van der Waals surface area contributed by atoms with Crippen molar-refractivity contribution < 1.29 is 29.7 Å². The van der Waals surface area contributed by atoms with Crippen LogP contribution in [0.25, 0.3) is 0 Å². The van der Waals surface area contributed by atoms with Gasteiger partial charge in [0.2, 0.25) is 0 Å². The van der Waals surface area contributed by atoms with E-state index in [0.717, 1.165) is 22.3 Å². The monoisotopic (exact) mass is 392 g/mol. The largest absolute Gasteiger partial charge is 0.508 e. The SMILES string of the molecule is Cc1ccc(C(C)(C)C)c(O)c1.Cc1ccc(C(C)(C)C)c(O)c1.[Zn]. The van der Waals surface area contributed by atoms with E-state index < -0.39 is 0 Å². The molecule has 25 heavy (non-hydrogen) atoms. The third kappa shape index (κ3) is 7.20. The van der Waals surface area contributed by atoms with Gasteiger partial charge in [-0.1, -0.05) is 65.8 Å². The molecule has 2 aromatic rings. The topological polar surface area (TPSA) is 40.5 Å². The smallest absolute Gasteiger partial charge is 0.119 e. The molecule has 2 rings (SSSR count). The average Bonchev–Trinajstić information content (AvgIpc) is 2.35. The number of rotatable bonds is 0. The van der Waals surface area contributed by atoms with Crippen LogP contribution in [0.4, 0.5) is 0 Å². The van der Waals surface area contributed by atoms with E-state index in [9.17, 15) is 10.2 Å². The molecule has 134 valence electrons. The molecule has 0 spiro atoms. The Kier molecular flexibility index (Phi) is 8.38. The molecule has 0 aromatic heterocycles. The molecule has 2 nitrogen and oxygen atoms in total. The number of hydrogen-bond acceptors (Lipinski definition) is 2. The van der Waals surface area contributed by atoms with Crippen LogP contribution in [-0.4, -0.2) is 10.2 Å². The van der Waals surface area contributed by atoms with Gasteiger partial charge in [-0.2, -0.15) is 0 Å². The molecule has 0 unspecified atom stereocenters. The van der Waals surface area contributed by atoms with E-state index in [1.165, 1.54) is 0 Å². The van der Waals surface area contributed by atoms with Crippen LogP contribution in [0, 0.1) is 13.8 Å². The second-order valence-corrected chi connectivity index (χ2v) is 8.54. The summed E-state index contributed by atoms with van der Waals surface area (Å²) in [6.07, 6.45) is 0. The van der Waals surface area contributed by atoms with Crippen molar-refractivity contribution in [1.82, 2.24) is 0 Å². The van der Waals surface area contributed by atoms with E-state index in [1.54, 1.807) is 12.1 Å². The van der Waals surface area contributed by atoms with Gasteiger partial charge in [-0.15, -0.1) is 0 Å². The predicted octanol–water partition coefficient (Wildman–Crippen LogP) is 5.99. The third-order valence-electron chi connectivity index (χ3n) is 3.92. The average molecular weight is 394 g/mol. The van der Waals surface area contributed by atoms with Gasteiger partial charge in [-0.05, 0) is 59.1 Å². The summed E-state index contributed by atoms with van der Waals surface area (Å²) in [7, 11) is 0. The molecular weight excluding hydrogens is 362 g/mol. The third-order valence-corrected chi connectivity index (χ3v) is 3.92. The molecule has 0 aliphatic carbocycles. The van der Waals surface area contributed by atoms with Gasteiger partial charge < -0.3 is 10.2 Å². The van der Waals surface area contributed by atoms with E-state index in [1.807, 2.05) is 38.1 Å². The van der Waals surface area contributed by atoms with Crippen molar-refractivity contribution in [3.05, 3.63) is 58.7 Å². The van der Waals surface area contributed by atoms with Crippen molar-refractivity contribution in [3.8, 4) is 11.5 Å². The normalized spacial score (nSPS) is 11.2. The van der Waals surface area contributed by atoms with Crippen molar-refractivity contribution in [2.75, 3.05) is 0 Å². The van der Waals surface area contributed by atoms with Gasteiger partial charge in [-0.3, -0.25) is 0 Å². The molecule has 3 heteroatoms. The molecule has 2 aromatic carbocycles. The molecule has 0 aliphatic heterocycles. The first kappa shape index (κ1) is 23.7. The van der Waals surface area contributed by atoms with Gasteiger partial charge in [0.15, 0.2) is 0 Å². The van der Waals surface area contributed by atoms with Crippen LogP contribution in [0.1, 0.15) is 63.8 Å².